The molecule has 0 aliphatic carbocycles. The fourth-order valence-electron chi connectivity index (χ4n) is 2.03. The van der Waals surface area contributed by atoms with Crippen LogP contribution >= 0.6 is 27.3 Å². The summed E-state index contributed by atoms with van der Waals surface area (Å²) in [5.41, 5.74) is 1.04. The van der Waals surface area contributed by atoms with Crippen LogP contribution < -0.4 is 4.90 Å². The van der Waals surface area contributed by atoms with E-state index in [-0.39, 0.29) is 16.6 Å². The highest BCUT2D eigenvalue weighted by Crippen LogP contribution is 2.32. The van der Waals surface area contributed by atoms with Gasteiger partial charge < -0.3 is 0 Å². The van der Waals surface area contributed by atoms with E-state index in [1.54, 1.807) is 28.5 Å². The normalized spacial score (nSPS) is 19.2. The zero-order chi connectivity index (χ0) is 13.4. The molecule has 3 rings (SSSR count). The number of nitrogens with zero attached hydrogens (tertiary/aromatic N) is 2. The number of carbonyl (C=O) groups excluding carboxylic acids is 1. The number of rotatable bonds is 2. The zero-order valence-corrected chi connectivity index (χ0v) is 12.2. The van der Waals surface area contributed by atoms with Crippen LogP contribution in [0.25, 0.3) is 11.3 Å². The van der Waals surface area contributed by atoms with Gasteiger partial charge in [-0.15, -0.1) is 11.3 Å². The molecular weight excluding hydrogens is 331 g/mol. The second-order valence-electron chi connectivity index (χ2n) is 4.30. The number of benzene rings is 1. The Kier molecular flexibility index (Phi) is 3.36. The molecule has 0 spiro atoms. The third kappa shape index (κ3) is 2.42. The number of hydrogen-bond acceptors (Lipinski definition) is 3. The molecule has 98 valence electrons. The second kappa shape index (κ2) is 5.02. The van der Waals surface area contributed by atoms with E-state index in [1.807, 2.05) is 0 Å². The molecule has 3 nitrogen and oxygen atoms in total. The third-order valence-electron chi connectivity index (χ3n) is 2.95. The quantitative estimate of drug-likeness (QED) is 0.784. The summed E-state index contributed by atoms with van der Waals surface area (Å²) in [6, 6.07) is 6.51. The summed E-state index contributed by atoms with van der Waals surface area (Å²) in [6.07, 6.45) is 0.481. The third-order valence-corrected chi connectivity index (χ3v) is 4.43. The molecule has 1 aromatic heterocycles. The lowest BCUT2D eigenvalue weighted by Crippen LogP contribution is -2.24. The van der Waals surface area contributed by atoms with Crippen molar-refractivity contribution in [1.82, 2.24) is 4.98 Å². The van der Waals surface area contributed by atoms with Crippen molar-refractivity contribution in [2.24, 2.45) is 0 Å². The topological polar surface area (TPSA) is 33.2 Å². The van der Waals surface area contributed by atoms with Crippen LogP contribution in [0.15, 0.2) is 29.6 Å². The number of halogens is 2. The van der Waals surface area contributed by atoms with Gasteiger partial charge in [-0.25, -0.2) is 9.37 Å². The van der Waals surface area contributed by atoms with Crippen LogP contribution in [0, 0.1) is 5.82 Å². The predicted molar refractivity (Wildman–Crippen MR) is 77.2 cm³/mol. The van der Waals surface area contributed by atoms with Gasteiger partial charge in [0.2, 0.25) is 5.91 Å². The largest absolute Gasteiger partial charge is 0.287 e. The summed E-state index contributed by atoms with van der Waals surface area (Å²) in [4.78, 5) is 18.0. The zero-order valence-electron chi connectivity index (χ0n) is 9.85. The number of thiazole rings is 1. The second-order valence-corrected chi connectivity index (χ2v) is 6.43. The van der Waals surface area contributed by atoms with Crippen LogP contribution in [-0.4, -0.2) is 22.3 Å². The molecule has 1 aliphatic heterocycles. The fourth-order valence-corrected chi connectivity index (χ4v) is 3.45. The molecule has 1 fully saturated rings. The van der Waals surface area contributed by atoms with Crippen molar-refractivity contribution in [1.29, 1.82) is 0 Å². The van der Waals surface area contributed by atoms with Gasteiger partial charge in [0.1, 0.15) is 5.82 Å². The Morgan fingerprint density at radius 3 is 2.89 bits per heavy atom. The minimum Gasteiger partial charge on any atom is -0.287 e. The summed E-state index contributed by atoms with van der Waals surface area (Å²) >= 11 is 4.80. The highest BCUT2D eigenvalue weighted by molar-refractivity contribution is 9.09. The molecule has 0 saturated carbocycles. The Morgan fingerprint density at radius 1 is 1.42 bits per heavy atom. The average Bonchev–Trinajstić information content (AvgIpc) is 2.96. The Bertz CT molecular complexity index is 631. The van der Waals surface area contributed by atoms with Crippen molar-refractivity contribution in [2.75, 3.05) is 11.4 Å². The van der Waals surface area contributed by atoms with Crippen molar-refractivity contribution < 1.29 is 9.18 Å². The van der Waals surface area contributed by atoms with E-state index in [9.17, 15) is 9.18 Å². The first-order chi connectivity index (χ1) is 9.15. The minimum absolute atomic E-state index is 0.0521. The maximum atomic E-state index is 13.7. The predicted octanol–water partition coefficient (Wildman–Crippen LogP) is 3.45. The fraction of sp³-hybridized carbons (Fsp3) is 0.231. The summed E-state index contributed by atoms with van der Waals surface area (Å²) in [7, 11) is 0. The minimum atomic E-state index is -0.300. The number of aromatic nitrogens is 1. The molecule has 0 N–H and O–H groups in total. The average molecular weight is 341 g/mol. The van der Waals surface area contributed by atoms with Crippen LogP contribution in [0.2, 0.25) is 0 Å². The SMILES string of the molecule is O=C1CC(Br)CN1c1nc(-c2ccccc2F)cs1. The van der Waals surface area contributed by atoms with Gasteiger partial charge in [0.05, 0.1) is 5.69 Å². The van der Waals surface area contributed by atoms with Gasteiger partial charge in [-0.1, -0.05) is 28.1 Å². The van der Waals surface area contributed by atoms with E-state index in [0.29, 0.717) is 29.4 Å². The number of carbonyl (C=O) groups is 1. The van der Waals surface area contributed by atoms with Crippen LogP contribution in [-0.2, 0) is 4.79 Å². The summed E-state index contributed by atoms with van der Waals surface area (Å²) in [5, 5.41) is 2.41. The molecule has 0 radical (unpaired) electrons. The number of amides is 1. The highest BCUT2D eigenvalue weighted by Gasteiger charge is 2.30. The first kappa shape index (κ1) is 12.7. The van der Waals surface area contributed by atoms with Crippen molar-refractivity contribution in [3.8, 4) is 11.3 Å². The maximum absolute atomic E-state index is 13.7. The first-order valence-electron chi connectivity index (χ1n) is 5.80. The Balaban J connectivity index is 1.92. The summed E-state index contributed by atoms with van der Waals surface area (Å²) < 4.78 is 13.7. The van der Waals surface area contributed by atoms with Gasteiger partial charge >= 0.3 is 0 Å². The standard InChI is InChI=1S/C13H10BrFN2OS/c14-8-5-12(18)17(6-8)13-16-11(7-19-13)9-3-1-2-4-10(9)15/h1-4,7-8H,5-6H2. The molecule has 1 amide bonds. The molecule has 6 heteroatoms. The Labute approximate surface area is 122 Å². The Morgan fingerprint density at radius 2 is 2.21 bits per heavy atom. The lowest BCUT2D eigenvalue weighted by Gasteiger charge is -2.10. The maximum Gasteiger partial charge on any atom is 0.230 e. The van der Waals surface area contributed by atoms with Crippen LogP contribution in [0.4, 0.5) is 9.52 Å². The molecular formula is C13H10BrFN2OS. The first-order valence-corrected chi connectivity index (χ1v) is 7.59. The van der Waals surface area contributed by atoms with E-state index < -0.39 is 0 Å². The molecule has 2 heterocycles. The van der Waals surface area contributed by atoms with Crippen LogP contribution in [0.5, 0.6) is 0 Å². The molecule has 1 aliphatic rings. The lowest BCUT2D eigenvalue weighted by atomic mass is 10.2. The number of alkyl halides is 1. The molecule has 2 aromatic rings. The van der Waals surface area contributed by atoms with Gasteiger partial charge in [-0.3, -0.25) is 9.69 Å². The molecule has 19 heavy (non-hydrogen) atoms. The van der Waals surface area contributed by atoms with Crippen molar-refractivity contribution in [3.05, 3.63) is 35.5 Å². The van der Waals surface area contributed by atoms with E-state index in [2.05, 4.69) is 20.9 Å². The van der Waals surface area contributed by atoms with Gasteiger partial charge in [-0.2, -0.15) is 0 Å². The molecule has 1 atom stereocenters. The molecule has 0 bridgehead atoms. The van der Waals surface area contributed by atoms with Crippen LogP contribution in [0.3, 0.4) is 0 Å². The van der Waals surface area contributed by atoms with Gasteiger partial charge in [-0.05, 0) is 12.1 Å². The number of anilines is 1. The molecule has 1 aromatic carbocycles. The summed E-state index contributed by atoms with van der Waals surface area (Å²) in [6.45, 7) is 0.614. The van der Waals surface area contributed by atoms with E-state index in [0.717, 1.165) is 0 Å². The highest BCUT2D eigenvalue weighted by atomic mass is 79.9. The van der Waals surface area contributed by atoms with E-state index in [1.165, 1.54) is 17.4 Å². The van der Waals surface area contributed by atoms with E-state index in [4.69, 9.17) is 0 Å². The van der Waals surface area contributed by atoms with Crippen molar-refractivity contribution in [2.45, 2.75) is 11.2 Å². The van der Waals surface area contributed by atoms with Gasteiger partial charge in [0, 0.05) is 28.7 Å². The van der Waals surface area contributed by atoms with Crippen molar-refractivity contribution >= 4 is 38.3 Å². The molecule has 1 saturated heterocycles. The van der Waals surface area contributed by atoms with E-state index >= 15 is 0 Å². The van der Waals surface area contributed by atoms with Gasteiger partial charge in [0.15, 0.2) is 5.13 Å². The van der Waals surface area contributed by atoms with Gasteiger partial charge in [0.25, 0.3) is 0 Å². The van der Waals surface area contributed by atoms with Crippen LogP contribution in [0.1, 0.15) is 6.42 Å². The summed E-state index contributed by atoms with van der Waals surface area (Å²) in [5.74, 6) is -0.248. The smallest absolute Gasteiger partial charge is 0.230 e. The number of hydrogen-bond donors (Lipinski definition) is 0. The monoisotopic (exact) mass is 340 g/mol. The van der Waals surface area contributed by atoms with Crippen molar-refractivity contribution in [3.63, 3.8) is 0 Å². The molecule has 1 unspecified atom stereocenters. The lowest BCUT2D eigenvalue weighted by molar-refractivity contribution is -0.117. The Hall–Kier alpha value is -1.27.